The van der Waals surface area contributed by atoms with Gasteiger partial charge in [-0.25, -0.2) is 17.6 Å². The fraction of sp³-hybridized carbons (Fsp3) is 0.444. The fourth-order valence-corrected chi connectivity index (χ4v) is 5.24. The molecule has 2 aliphatic rings. The second-order valence-electron chi connectivity index (χ2n) is 7.49. The largest absolute Gasteiger partial charge is 0.511 e. The molecule has 1 aromatic carbocycles. The highest BCUT2D eigenvalue weighted by Crippen LogP contribution is 2.39. The first-order valence-electron chi connectivity index (χ1n) is 9.50. The van der Waals surface area contributed by atoms with Crippen LogP contribution in [0.2, 0.25) is 0 Å². The maximum absolute atomic E-state index is 15.0. The number of hydrogen-bond acceptors (Lipinski definition) is 6. The Labute approximate surface area is 190 Å². The van der Waals surface area contributed by atoms with Crippen molar-refractivity contribution in [1.82, 2.24) is 8.87 Å². The Bertz CT molecular complexity index is 1250. The van der Waals surface area contributed by atoms with Crippen LogP contribution in [0.3, 0.4) is 0 Å². The van der Waals surface area contributed by atoms with Gasteiger partial charge in [-0.1, -0.05) is 0 Å². The van der Waals surface area contributed by atoms with Gasteiger partial charge >= 0.3 is 10.1 Å². The van der Waals surface area contributed by atoms with Crippen LogP contribution in [0.15, 0.2) is 23.1 Å². The van der Waals surface area contributed by atoms with Crippen LogP contribution in [0.1, 0.15) is 18.9 Å². The molecule has 0 amide bonds. The Balaban J connectivity index is 1.69. The molecule has 2 fully saturated rings. The van der Waals surface area contributed by atoms with E-state index in [1.165, 1.54) is 12.3 Å². The van der Waals surface area contributed by atoms with E-state index in [1.807, 2.05) is 0 Å². The number of ether oxygens (including phenoxy) is 1. The lowest BCUT2D eigenvalue weighted by molar-refractivity contribution is 0.143. The van der Waals surface area contributed by atoms with Crippen molar-refractivity contribution in [3.63, 3.8) is 0 Å². The van der Waals surface area contributed by atoms with Gasteiger partial charge in [0, 0.05) is 32.2 Å². The Morgan fingerprint density at radius 3 is 2.34 bits per heavy atom. The molecule has 14 heteroatoms. The predicted molar refractivity (Wildman–Crippen MR) is 113 cm³/mol. The van der Waals surface area contributed by atoms with Crippen LogP contribution in [0.25, 0.3) is 10.9 Å². The van der Waals surface area contributed by atoms with Gasteiger partial charge in [0.05, 0.1) is 22.8 Å². The van der Waals surface area contributed by atoms with Crippen molar-refractivity contribution < 1.29 is 31.8 Å². The van der Waals surface area contributed by atoms with Crippen LogP contribution in [0.4, 0.5) is 19.3 Å². The lowest BCUT2D eigenvalue weighted by Crippen LogP contribution is -2.51. The number of carbonyl (C=O) groups is 1. The third-order valence-corrected chi connectivity index (χ3v) is 8.22. The summed E-state index contributed by atoms with van der Waals surface area (Å²) in [4.78, 5) is 25.1. The molecule has 4 rings (SSSR count). The number of aromatic nitrogens is 1. The van der Waals surface area contributed by atoms with Crippen molar-refractivity contribution in [2.45, 2.75) is 22.8 Å². The number of piperazine rings is 1. The molecule has 0 unspecified atom stereocenters. The van der Waals surface area contributed by atoms with Gasteiger partial charge in [-0.15, -0.1) is 0 Å². The summed E-state index contributed by atoms with van der Waals surface area (Å²) in [6, 6.07) is 2.48. The average Bonchev–Trinajstić information content (AvgIpc) is 3.54. The molecule has 2 aromatic rings. The van der Waals surface area contributed by atoms with E-state index in [-0.39, 0.29) is 43.3 Å². The van der Waals surface area contributed by atoms with Gasteiger partial charge < -0.3 is 19.3 Å². The summed E-state index contributed by atoms with van der Waals surface area (Å²) < 4.78 is 56.3. The van der Waals surface area contributed by atoms with Gasteiger partial charge in [0.2, 0.25) is 5.43 Å². The van der Waals surface area contributed by atoms with Gasteiger partial charge in [0.1, 0.15) is 5.82 Å². The van der Waals surface area contributed by atoms with E-state index in [1.54, 1.807) is 9.47 Å². The molecule has 9 nitrogen and oxygen atoms in total. The van der Waals surface area contributed by atoms with Crippen molar-refractivity contribution in [3.05, 3.63) is 34.4 Å². The van der Waals surface area contributed by atoms with E-state index in [9.17, 15) is 26.8 Å². The smallest absolute Gasteiger partial charge is 0.449 e. The van der Waals surface area contributed by atoms with Gasteiger partial charge in [0.15, 0.2) is 5.75 Å². The number of anilines is 1. The average molecular weight is 512 g/mol. The molecule has 1 aliphatic heterocycles. The van der Waals surface area contributed by atoms with Gasteiger partial charge in [0.25, 0.3) is 10.0 Å². The van der Waals surface area contributed by atoms with E-state index in [0.29, 0.717) is 5.52 Å². The van der Waals surface area contributed by atoms with Crippen LogP contribution in [0, 0.1) is 5.82 Å². The molecule has 1 saturated heterocycles. The Hall–Kier alpha value is -2.15. The molecular weight excluding hydrogens is 495 g/mol. The zero-order valence-electron chi connectivity index (χ0n) is 16.3. The van der Waals surface area contributed by atoms with Gasteiger partial charge in [-0.05, 0) is 48.2 Å². The normalized spacial score (nSPS) is 18.2. The molecule has 1 aliphatic carbocycles. The number of pyridine rings is 1. The van der Waals surface area contributed by atoms with E-state index in [4.69, 9.17) is 28.3 Å². The number of hydrogen-bond donors (Lipinski definition) is 1. The summed E-state index contributed by atoms with van der Waals surface area (Å²) >= 11 is 10.3. The molecule has 2 heterocycles. The lowest BCUT2D eigenvalue weighted by Gasteiger charge is -2.36. The highest BCUT2D eigenvalue weighted by Gasteiger charge is 2.45. The Morgan fingerprint density at radius 2 is 1.81 bits per heavy atom. The third kappa shape index (κ3) is 4.12. The molecule has 0 bridgehead atoms. The van der Waals surface area contributed by atoms with E-state index in [0.717, 1.165) is 23.2 Å². The molecule has 1 N–H and O–H groups in total. The van der Waals surface area contributed by atoms with Gasteiger partial charge in [-0.2, -0.15) is 8.70 Å². The summed E-state index contributed by atoms with van der Waals surface area (Å²) in [5, 5.41) is 8.83. The van der Waals surface area contributed by atoms with E-state index in [2.05, 4.69) is 4.74 Å². The van der Waals surface area contributed by atoms with Crippen LogP contribution < -0.4 is 15.1 Å². The molecule has 1 saturated carbocycles. The zero-order valence-corrected chi connectivity index (χ0v) is 18.6. The number of nitrogens with zero attached hydrogens (tertiary/aromatic N) is 3. The molecule has 174 valence electrons. The fourth-order valence-electron chi connectivity index (χ4n) is 3.71. The third-order valence-electron chi connectivity index (χ3n) is 5.42. The second kappa shape index (κ2) is 8.01. The highest BCUT2D eigenvalue weighted by molar-refractivity contribution is 7.93. The summed E-state index contributed by atoms with van der Waals surface area (Å²) in [5.74, 6) is -1.17. The van der Waals surface area contributed by atoms with Crippen LogP contribution in [0.5, 0.6) is 5.75 Å². The minimum atomic E-state index is -4.61. The SMILES string of the molecule is O=C(O)Oc1cn(C2CC2)c2cc(N3CCN(S(=O)(=O)C(F)(Cl)Cl)CC3)c(F)cc2c1=O. The number of fused-ring (bicyclic) bond motifs is 1. The van der Waals surface area contributed by atoms with E-state index < -0.39 is 37.1 Å². The summed E-state index contributed by atoms with van der Waals surface area (Å²) in [6.45, 7) is -0.295. The first-order valence-corrected chi connectivity index (χ1v) is 11.7. The quantitative estimate of drug-likeness (QED) is 0.485. The van der Waals surface area contributed by atoms with Gasteiger partial charge in [-0.3, -0.25) is 4.79 Å². The molecule has 1 aromatic heterocycles. The standard InChI is InChI=1S/C18H17Cl2F2N3O6S/c19-18(20,22)32(29,30)24-5-3-23(4-6-24)14-8-13-11(7-12(14)21)16(26)15(31-17(27)28)9-25(13)10-1-2-10/h7-10H,1-6H2,(H,27,28). The minimum Gasteiger partial charge on any atom is -0.449 e. The lowest BCUT2D eigenvalue weighted by atomic mass is 10.1. The van der Waals surface area contributed by atoms with Crippen molar-refractivity contribution in [3.8, 4) is 5.75 Å². The Morgan fingerprint density at radius 1 is 1.19 bits per heavy atom. The zero-order chi connectivity index (χ0) is 23.4. The molecule has 0 spiro atoms. The number of carboxylic acid groups (broad SMARTS) is 1. The molecular formula is C18H17Cl2F2N3O6S. The summed E-state index contributed by atoms with van der Waals surface area (Å²) in [6.07, 6.45) is 1.25. The van der Waals surface area contributed by atoms with Crippen molar-refractivity contribution >= 4 is 56.0 Å². The minimum absolute atomic E-state index is 0.0136. The maximum atomic E-state index is 15.0. The summed E-state index contributed by atoms with van der Waals surface area (Å²) in [5.41, 5.74) is -0.242. The van der Waals surface area contributed by atoms with Crippen LogP contribution in [-0.4, -0.2) is 58.7 Å². The number of halogens is 4. The maximum Gasteiger partial charge on any atom is 0.511 e. The monoisotopic (exact) mass is 511 g/mol. The second-order valence-corrected chi connectivity index (χ2v) is 11.2. The number of rotatable bonds is 5. The first-order chi connectivity index (χ1) is 14.9. The van der Waals surface area contributed by atoms with Crippen molar-refractivity contribution in [2.75, 3.05) is 31.1 Å². The van der Waals surface area contributed by atoms with Crippen LogP contribution in [-0.2, 0) is 10.0 Å². The molecule has 0 radical (unpaired) electrons. The topological polar surface area (TPSA) is 109 Å². The number of sulfonamides is 1. The highest BCUT2D eigenvalue weighted by atomic mass is 35.5. The summed E-state index contributed by atoms with van der Waals surface area (Å²) in [7, 11) is -4.61. The van der Waals surface area contributed by atoms with Crippen molar-refractivity contribution in [2.24, 2.45) is 0 Å². The molecule has 32 heavy (non-hydrogen) atoms. The first kappa shape index (κ1) is 23.0. The number of alkyl halides is 3. The van der Waals surface area contributed by atoms with Crippen molar-refractivity contribution in [1.29, 1.82) is 0 Å². The van der Waals surface area contributed by atoms with E-state index >= 15 is 0 Å². The molecule has 0 atom stereocenters. The Kier molecular flexibility index (Phi) is 5.76. The van der Waals surface area contributed by atoms with Crippen LogP contribution >= 0.6 is 23.2 Å². The number of benzene rings is 1. The predicted octanol–water partition coefficient (Wildman–Crippen LogP) is 3.04.